The van der Waals surface area contributed by atoms with Crippen molar-refractivity contribution in [2.24, 2.45) is 0 Å². The highest BCUT2D eigenvalue weighted by Crippen LogP contribution is 2.40. The first-order chi connectivity index (χ1) is 9.56. The van der Waals surface area contributed by atoms with E-state index in [2.05, 4.69) is 5.32 Å². The first-order valence-corrected chi connectivity index (χ1v) is 6.55. The van der Waals surface area contributed by atoms with Gasteiger partial charge in [-0.3, -0.25) is 4.79 Å². The van der Waals surface area contributed by atoms with E-state index in [0.29, 0.717) is 22.1 Å². The molecule has 0 saturated heterocycles. The van der Waals surface area contributed by atoms with Gasteiger partial charge in [0, 0.05) is 16.8 Å². The molecule has 1 amide bonds. The minimum Gasteiger partial charge on any atom is -0.482 e. The van der Waals surface area contributed by atoms with E-state index in [0.717, 1.165) is 16.7 Å². The number of nitrogens with two attached hydrogens (primary N) is 1. The minimum absolute atomic E-state index is 0.0118. The van der Waals surface area contributed by atoms with Gasteiger partial charge in [0.15, 0.2) is 6.61 Å². The highest BCUT2D eigenvalue weighted by molar-refractivity contribution is 6.34. The summed E-state index contributed by atoms with van der Waals surface area (Å²) < 4.78 is 5.41. The number of aryl methyl sites for hydroxylation is 1. The maximum atomic E-state index is 11.3. The van der Waals surface area contributed by atoms with Gasteiger partial charge in [0.2, 0.25) is 0 Å². The van der Waals surface area contributed by atoms with Gasteiger partial charge < -0.3 is 15.8 Å². The fourth-order valence-electron chi connectivity index (χ4n) is 2.23. The van der Waals surface area contributed by atoms with E-state index in [1.165, 1.54) is 0 Å². The Morgan fingerprint density at radius 3 is 2.90 bits per heavy atom. The molecule has 0 aromatic heterocycles. The summed E-state index contributed by atoms with van der Waals surface area (Å²) in [5.74, 6) is 0.421. The highest BCUT2D eigenvalue weighted by Gasteiger charge is 2.19. The molecule has 1 aliphatic heterocycles. The van der Waals surface area contributed by atoms with E-state index in [9.17, 15) is 4.79 Å². The molecule has 0 unspecified atom stereocenters. The number of rotatable bonds is 1. The number of halogens is 1. The maximum absolute atomic E-state index is 11.3. The lowest BCUT2D eigenvalue weighted by Crippen LogP contribution is -2.25. The van der Waals surface area contributed by atoms with Crippen LogP contribution in [0.2, 0.25) is 5.02 Å². The van der Waals surface area contributed by atoms with Gasteiger partial charge in [-0.15, -0.1) is 0 Å². The lowest BCUT2D eigenvalue weighted by Gasteiger charge is -2.20. The number of ether oxygens (including phenoxy) is 1. The van der Waals surface area contributed by atoms with Crippen LogP contribution in [0.25, 0.3) is 11.1 Å². The van der Waals surface area contributed by atoms with Crippen LogP contribution in [0.5, 0.6) is 5.75 Å². The Kier molecular flexibility index (Phi) is 3.03. The van der Waals surface area contributed by atoms with Gasteiger partial charge in [-0.2, -0.15) is 0 Å². The summed E-state index contributed by atoms with van der Waals surface area (Å²) in [6.45, 7) is 1.95. The number of carbonyl (C=O) groups is 1. The molecule has 0 radical (unpaired) electrons. The van der Waals surface area contributed by atoms with Gasteiger partial charge in [0.1, 0.15) is 5.75 Å². The third-order valence-electron chi connectivity index (χ3n) is 3.27. The maximum Gasteiger partial charge on any atom is 0.262 e. The molecule has 1 heterocycles. The number of benzene rings is 2. The minimum atomic E-state index is -0.182. The molecular weight excluding hydrogens is 276 g/mol. The third-order valence-corrected chi connectivity index (χ3v) is 3.77. The monoisotopic (exact) mass is 288 g/mol. The van der Waals surface area contributed by atoms with Crippen LogP contribution in [0.15, 0.2) is 30.3 Å². The molecule has 0 atom stereocenters. The molecule has 1 aliphatic rings. The first-order valence-electron chi connectivity index (χ1n) is 6.18. The zero-order chi connectivity index (χ0) is 14.3. The van der Waals surface area contributed by atoms with E-state index >= 15 is 0 Å². The predicted octanol–water partition coefficient (Wildman–Crippen LogP) is 3.23. The van der Waals surface area contributed by atoms with Crippen LogP contribution in [-0.4, -0.2) is 12.5 Å². The second kappa shape index (κ2) is 4.72. The SMILES string of the molecule is Cc1cccc(-c2cc3c(cc2N)NC(=O)CO3)c1Cl. The normalized spacial score (nSPS) is 13.4. The number of amides is 1. The summed E-state index contributed by atoms with van der Waals surface area (Å²) >= 11 is 6.34. The Balaban J connectivity index is 2.15. The highest BCUT2D eigenvalue weighted by atomic mass is 35.5. The molecule has 3 rings (SSSR count). The van der Waals surface area contributed by atoms with Crippen molar-refractivity contribution in [2.75, 3.05) is 17.7 Å². The van der Waals surface area contributed by atoms with Gasteiger partial charge in [-0.1, -0.05) is 29.8 Å². The van der Waals surface area contributed by atoms with Crippen molar-refractivity contribution in [3.63, 3.8) is 0 Å². The van der Waals surface area contributed by atoms with Crippen molar-refractivity contribution in [1.82, 2.24) is 0 Å². The molecule has 2 aromatic rings. The summed E-state index contributed by atoms with van der Waals surface area (Å²) in [5.41, 5.74) is 9.84. The van der Waals surface area contributed by atoms with Crippen LogP contribution in [0.3, 0.4) is 0 Å². The van der Waals surface area contributed by atoms with Gasteiger partial charge >= 0.3 is 0 Å². The molecule has 102 valence electrons. The molecule has 0 fully saturated rings. The number of carbonyl (C=O) groups excluding carboxylic acids is 1. The Bertz CT molecular complexity index is 713. The van der Waals surface area contributed by atoms with Crippen molar-refractivity contribution < 1.29 is 9.53 Å². The molecule has 2 aromatic carbocycles. The Morgan fingerprint density at radius 2 is 2.10 bits per heavy atom. The Labute approximate surface area is 121 Å². The van der Waals surface area contributed by atoms with Crippen LogP contribution < -0.4 is 15.8 Å². The molecule has 4 nitrogen and oxygen atoms in total. The standard InChI is InChI=1S/C15H13ClN2O2/c1-8-3-2-4-9(15(8)16)10-5-13-12(6-11(10)17)18-14(19)7-20-13/h2-6H,7,17H2,1H3,(H,18,19). The van der Waals surface area contributed by atoms with E-state index in [1.807, 2.05) is 31.2 Å². The van der Waals surface area contributed by atoms with Crippen LogP contribution in [0.1, 0.15) is 5.56 Å². The largest absolute Gasteiger partial charge is 0.482 e. The fraction of sp³-hybridized carbons (Fsp3) is 0.133. The second-order valence-corrected chi connectivity index (χ2v) is 5.09. The molecule has 3 N–H and O–H groups in total. The van der Waals surface area contributed by atoms with Crippen molar-refractivity contribution in [3.05, 3.63) is 40.9 Å². The molecule has 0 bridgehead atoms. The van der Waals surface area contributed by atoms with E-state index in [-0.39, 0.29) is 12.5 Å². The van der Waals surface area contributed by atoms with Crippen molar-refractivity contribution in [2.45, 2.75) is 6.92 Å². The molecular formula is C15H13ClN2O2. The number of anilines is 2. The van der Waals surface area contributed by atoms with Crippen molar-refractivity contribution in [1.29, 1.82) is 0 Å². The van der Waals surface area contributed by atoms with E-state index in [4.69, 9.17) is 22.1 Å². The first kappa shape index (κ1) is 12.8. The fourth-order valence-corrected chi connectivity index (χ4v) is 2.46. The molecule has 5 heteroatoms. The lowest BCUT2D eigenvalue weighted by molar-refractivity contribution is -0.118. The van der Waals surface area contributed by atoms with Crippen molar-refractivity contribution >= 4 is 28.9 Å². The Morgan fingerprint density at radius 1 is 1.30 bits per heavy atom. The number of hydrogen-bond acceptors (Lipinski definition) is 3. The molecule has 0 aliphatic carbocycles. The van der Waals surface area contributed by atoms with Gasteiger partial charge in [0.25, 0.3) is 5.91 Å². The second-order valence-electron chi connectivity index (χ2n) is 4.71. The average molecular weight is 289 g/mol. The Hall–Kier alpha value is -2.20. The van der Waals surface area contributed by atoms with Crippen LogP contribution >= 0.6 is 11.6 Å². The van der Waals surface area contributed by atoms with Crippen molar-refractivity contribution in [3.8, 4) is 16.9 Å². The van der Waals surface area contributed by atoms with Gasteiger partial charge in [0.05, 0.1) is 10.7 Å². The molecule has 0 saturated carbocycles. The molecule has 20 heavy (non-hydrogen) atoms. The summed E-state index contributed by atoms with van der Waals surface area (Å²) in [6, 6.07) is 9.29. The lowest BCUT2D eigenvalue weighted by atomic mass is 10.0. The third kappa shape index (κ3) is 2.08. The van der Waals surface area contributed by atoms with Crippen LogP contribution in [0.4, 0.5) is 11.4 Å². The predicted molar refractivity (Wildman–Crippen MR) is 80.2 cm³/mol. The summed E-state index contributed by atoms with van der Waals surface area (Å²) in [4.78, 5) is 11.3. The smallest absolute Gasteiger partial charge is 0.262 e. The summed E-state index contributed by atoms with van der Waals surface area (Å²) in [7, 11) is 0. The number of hydrogen-bond donors (Lipinski definition) is 2. The number of nitrogens with one attached hydrogen (secondary N) is 1. The van der Waals surface area contributed by atoms with Gasteiger partial charge in [-0.25, -0.2) is 0 Å². The number of nitrogen functional groups attached to an aromatic ring is 1. The summed E-state index contributed by atoms with van der Waals surface area (Å²) in [6.07, 6.45) is 0. The van der Waals surface area contributed by atoms with Crippen LogP contribution in [-0.2, 0) is 4.79 Å². The van der Waals surface area contributed by atoms with Gasteiger partial charge in [-0.05, 0) is 24.6 Å². The quantitative estimate of drug-likeness (QED) is 0.792. The van der Waals surface area contributed by atoms with Crippen LogP contribution in [0, 0.1) is 6.92 Å². The molecule has 0 spiro atoms. The zero-order valence-electron chi connectivity index (χ0n) is 10.9. The van der Waals surface area contributed by atoms with E-state index < -0.39 is 0 Å². The number of fused-ring (bicyclic) bond motifs is 1. The summed E-state index contributed by atoms with van der Waals surface area (Å²) in [5, 5.41) is 3.39. The zero-order valence-corrected chi connectivity index (χ0v) is 11.6. The topological polar surface area (TPSA) is 64.3 Å². The van der Waals surface area contributed by atoms with E-state index in [1.54, 1.807) is 6.07 Å². The average Bonchev–Trinajstić information content (AvgIpc) is 2.41.